The Kier molecular flexibility index (Phi) is 4.82. The van der Waals surface area contributed by atoms with Crippen molar-refractivity contribution in [3.05, 3.63) is 100 Å². The second-order valence-electron chi connectivity index (χ2n) is 6.54. The Hall–Kier alpha value is -2.85. The first-order chi connectivity index (χ1) is 13.1. The molecule has 0 unspecified atom stereocenters. The minimum atomic E-state index is -0.383. The summed E-state index contributed by atoms with van der Waals surface area (Å²) in [6.45, 7) is 0.575. The van der Waals surface area contributed by atoms with Crippen LogP contribution in [0.5, 0.6) is 0 Å². The number of anilines is 1. The first-order valence-electron chi connectivity index (χ1n) is 8.78. The zero-order valence-electron chi connectivity index (χ0n) is 14.5. The van der Waals surface area contributed by atoms with Crippen LogP contribution in [0.1, 0.15) is 22.7 Å². The third-order valence-corrected chi connectivity index (χ3v) is 5.06. The van der Waals surface area contributed by atoms with Crippen molar-refractivity contribution in [2.75, 3.05) is 11.9 Å². The number of amides is 2. The third-order valence-electron chi connectivity index (χ3n) is 4.81. The monoisotopic (exact) mass is 380 g/mol. The molecule has 0 radical (unpaired) electrons. The summed E-state index contributed by atoms with van der Waals surface area (Å²) in [7, 11) is 0. The minimum absolute atomic E-state index is 0.222. The Balaban J connectivity index is 1.70. The molecule has 27 heavy (non-hydrogen) atoms. The van der Waals surface area contributed by atoms with Gasteiger partial charge in [0.15, 0.2) is 0 Å². The van der Waals surface area contributed by atoms with Crippen LogP contribution in [0.15, 0.2) is 72.8 Å². The van der Waals surface area contributed by atoms with Gasteiger partial charge in [-0.1, -0.05) is 54.1 Å². The molecule has 1 aliphatic heterocycles. The molecule has 5 heteroatoms. The minimum Gasteiger partial charge on any atom is -0.313 e. The number of fused-ring (bicyclic) bond motifs is 1. The largest absolute Gasteiger partial charge is 0.322 e. The number of benzene rings is 3. The van der Waals surface area contributed by atoms with Crippen molar-refractivity contribution in [2.45, 2.75) is 12.5 Å². The number of carbonyl (C=O) groups excluding carboxylic acids is 1. The van der Waals surface area contributed by atoms with Gasteiger partial charge < -0.3 is 10.2 Å². The van der Waals surface area contributed by atoms with Crippen molar-refractivity contribution in [1.82, 2.24) is 4.90 Å². The van der Waals surface area contributed by atoms with Crippen molar-refractivity contribution in [3.8, 4) is 0 Å². The predicted octanol–water partition coefficient (Wildman–Crippen LogP) is 5.66. The highest BCUT2D eigenvalue weighted by atomic mass is 35.5. The van der Waals surface area contributed by atoms with Crippen molar-refractivity contribution >= 4 is 23.3 Å². The van der Waals surface area contributed by atoms with Gasteiger partial charge in [-0.05, 0) is 53.4 Å². The molecule has 0 spiro atoms. The molecule has 0 saturated carbocycles. The van der Waals surface area contributed by atoms with E-state index in [0.717, 1.165) is 17.5 Å². The first kappa shape index (κ1) is 17.6. The summed E-state index contributed by atoms with van der Waals surface area (Å²) in [5.74, 6) is -0.383. The summed E-state index contributed by atoms with van der Waals surface area (Å²) in [5.41, 5.74) is 3.75. The average Bonchev–Trinajstić information content (AvgIpc) is 2.68. The lowest BCUT2D eigenvalue weighted by molar-refractivity contribution is 0.194. The molecule has 0 aliphatic carbocycles. The Bertz CT molecular complexity index is 974. The summed E-state index contributed by atoms with van der Waals surface area (Å²) in [6.07, 6.45) is 0.775. The van der Waals surface area contributed by atoms with Crippen LogP contribution >= 0.6 is 11.6 Å². The molecule has 3 aromatic carbocycles. The molecule has 1 heterocycles. The number of urea groups is 1. The SMILES string of the molecule is O=C(Nc1cccc(F)c1)N1CCc2ccccc2[C@H]1c1ccc(Cl)cc1. The first-order valence-corrected chi connectivity index (χ1v) is 9.16. The number of hydrogen-bond donors (Lipinski definition) is 1. The quantitative estimate of drug-likeness (QED) is 0.611. The van der Waals surface area contributed by atoms with Gasteiger partial charge in [-0.3, -0.25) is 0 Å². The number of rotatable bonds is 2. The average molecular weight is 381 g/mol. The maximum atomic E-state index is 13.5. The Morgan fingerprint density at radius 3 is 2.59 bits per heavy atom. The highest BCUT2D eigenvalue weighted by molar-refractivity contribution is 6.30. The van der Waals surface area contributed by atoms with E-state index >= 15 is 0 Å². The summed E-state index contributed by atoms with van der Waals surface area (Å²) in [4.78, 5) is 14.8. The second-order valence-corrected chi connectivity index (χ2v) is 6.97. The van der Waals surface area contributed by atoms with Gasteiger partial charge in [-0.15, -0.1) is 0 Å². The highest BCUT2D eigenvalue weighted by Crippen LogP contribution is 2.36. The molecule has 1 N–H and O–H groups in total. The lowest BCUT2D eigenvalue weighted by Crippen LogP contribution is -2.43. The zero-order chi connectivity index (χ0) is 18.8. The molecular formula is C22H18ClFN2O. The molecule has 0 bridgehead atoms. The molecule has 136 valence electrons. The van der Waals surface area contributed by atoms with Crippen LogP contribution in [0, 0.1) is 5.82 Å². The smallest absolute Gasteiger partial charge is 0.313 e. The van der Waals surface area contributed by atoms with Crippen LogP contribution < -0.4 is 5.32 Å². The molecule has 0 fully saturated rings. The summed E-state index contributed by atoms with van der Waals surface area (Å²) in [5, 5.41) is 3.47. The number of carbonyl (C=O) groups is 1. The summed E-state index contributed by atoms with van der Waals surface area (Å²) < 4.78 is 13.5. The van der Waals surface area contributed by atoms with Crippen molar-refractivity contribution < 1.29 is 9.18 Å². The maximum Gasteiger partial charge on any atom is 0.322 e. The summed E-state index contributed by atoms with van der Waals surface area (Å²) >= 11 is 6.04. The topological polar surface area (TPSA) is 32.3 Å². The molecule has 4 rings (SSSR count). The number of nitrogens with zero attached hydrogens (tertiary/aromatic N) is 1. The van der Waals surface area contributed by atoms with Crippen LogP contribution in [-0.4, -0.2) is 17.5 Å². The van der Waals surface area contributed by atoms with Gasteiger partial charge in [0.25, 0.3) is 0 Å². The molecule has 0 saturated heterocycles. The van der Waals surface area contributed by atoms with Crippen LogP contribution in [0.4, 0.5) is 14.9 Å². The van der Waals surface area contributed by atoms with Gasteiger partial charge >= 0.3 is 6.03 Å². The van der Waals surface area contributed by atoms with E-state index in [1.807, 2.05) is 36.4 Å². The predicted molar refractivity (Wildman–Crippen MR) is 106 cm³/mol. The number of halogens is 2. The molecular weight excluding hydrogens is 363 g/mol. The second kappa shape index (κ2) is 7.41. The van der Waals surface area contributed by atoms with E-state index in [2.05, 4.69) is 17.4 Å². The normalized spacial score (nSPS) is 15.9. The molecule has 3 aromatic rings. The van der Waals surface area contributed by atoms with Crippen molar-refractivity contribution in [2.24, 2.45) is 0 Å². The van der Waals surface area contributed by atoms with Crippen molar-refractivity contribution in [3.63, 3.8) is 0 Å². The highest BCUT2D eigenvalue weighted by Gasteiger charge is 2.32. The third kappa shape index (κ3) is 3.67. The van der Waals surface area contributed by atoms with Crippen LogP contribution in [0.25, 0.3) is 0 Å². The van der Waals surface area contributed by atoms with E-state index in [1.165, 1.54) is 17.7 Å². The van der Waals surface area contributed by atoms with Crippen molar-refractivity contribution in [1.29, 1.82) is 0 Å². The summed E-state index contributed by atoms with van der Waals surface area (Å²) in [6, 6.07) is 21.1. The standard InChI is InChI=1S/C22H18ClFN2O/c23-17-10-8-16(9-11-17)21-20-7-2-1-4-15(20)12-13-26(21)22(27)25-19-6-3-5-18(24)14-19/h1-11,14,21H,12-13H2,(H,25,27)/t21-/m1/s1. The number of hydrogen-bond acceptors (Lipinski definition) is 1. The van der Waals surface area contributed by atoms with E-state index in [1.54, 1.807) is 17.0 Å². The van der Waals surface area contributed by atoms with Crippen LogP contribution in [0.2, 0.25) is 5.02 Å². The van der Waals surface area contributed by atoms with E-state index in [-0.39, 0.29) is 17.9 Å². The van der Waals surface area contributed by atoms with E-state index in [4.69, 9.17) is 11.6 Å². The maximum absolute atomic E-state index is 13.5. The lowest BCUT2D eigenvalue weighted by Gasteiger charge is -2.37. The molecule has 3 nitrogen and oxygen atoms in total. The molecule has 1 aliphatic rings. The zero-order valence-corrected chi connectivity index (χ0v) is 15.3. The van der Waals surface area contributed by atoms with Crippen LogP contribution in [-0.2, 0) is 6.42 Å². The fourth-order valence-corrected chi connectivity index (χ4v) is 3.68. The Morgan fingerprint density at radius 2 is 1.81 bits per heavy atom. The van der Waals surface area contributed by atoms with E-state index < -0.39 is 0 Å². The van der Waals surface area contributed by atoms with Gasteiger partial charge in [-0.2, -0.15) is 0 Å². The Labute approximate surface area is 162 Å². The Morgan fingerprint density at radius 1 is 1.04 bits per heavy atom. The molecule has 2 amide bonds. The van der Waals surface area contributed by atoms with Gasteiger partial charge in [0.2, 0.25) is 0 Å². The van der Waals surface area contributed by atoms with E-state index in [0.29, 0.717) is 17.3 Å². The number of nitrogens with one attached hydrogen (secondary N) is 1. The van der Waals surface area contributed by atoms with Gasteiger partial charge in [0.1, 0.15) is 5.82 Å². The molecule has 1 atom stereocenters. The van der Waals surface area contributed by atoms with Gasteiger partial charge in [0.05, 0.1) is 6.04 Å². The van der Waals surface area contributed by atoms with Crippen LogP contribution in [0.3, 0.4) is 0 Å². The molecule has 0 aromatic heterocycles. The van der Waals surface area contributed by atoms with Gasteiger partial charge in [0, 0.05) is 17.3 Å². The fourth-order valence-electron chi connectivity index (χ4n) is 3.55. The lowest BCUT2D eigenvalue weighted by atomic mass is 9.88. The van der Waals surface area contributed by atoms with Gasteiger partial charge in [-0.25, -0.2) is 9.18 Å². The van der Waals surface area contributed by atoms with E-state index in [9.17, 15) is 9.18 Å². The fraction of sp³-hybridized carbons (Fsp3) is 0.136.